The number of para-hydroxylation sites is 1. The van der Waals surface area contributed by atoms with Gasteiger partial charge in [-0.1, -0.05) is 12.1 Å². The Morgan fingerprint density at radius 3 is 2.77 bits per heavy atom. The highest BCUT2D eigenvalue weighted by Gasteiger charge is 2.27. The number of piperidine rings is 1. The molecule has 2 aromatic heterocycles. The Morgan fingerprint density at radius 1 is 1.30 bits per heavy atom. The summed E-state index contributed by atoms with van der Waals surface area (Å²) in [6, 6.07) is 9.68. The number of methoxy groups -OCH3 is 1. The third-order valence-electron chi connectivity index (χ3n) is 5.64. The minimum absolute atomic E-state index is 0.0464. The molecular weight excluding hydrogens is 398 g/mol. The summed E-state index contributed by atoms with van der Waals surface area (Å²) < 4.78 is 5.46. The first-order valence-electron chi connectivity index (χ1n) is 10.0. The number of thiazole rings is 1. The first-order valence-corrected chi connectivity index (χ1v) is 10.9. The van der Waals surface area contributed by atoms with Crippen LogP contribution in [-0.2, 0) is 6.61 Å². The van der Waals surface area contributed by atoms with Crippen molar-refractivity contribution in [1.82, 2.24) is 14.9 Å². The quantitative estimate of drug-likeness (QED) is 0.670. The highest BCUT2D eigenvalue weighted by molar-refractivity contribution is 7.10. The molecule has 1 amide bonds. The number of likely N-dealkylation sites (tertiary alicyclic amines) is 1. The second-order valence-corrected chi connectivity index (χ2v) is 8.38. The van der Waals surface area contributed by atoms with Crippen molar-refractivity contribution in [3.63, 3.8) is 0 Å². The van der Waals surface area contributed by atoms with E-state index in [-0.39, 0.29) is 12.5 Å². The summed E-state index contributed by atoms with van der Waals surface area (Å²) in [6.07, 6.45) is 3.36. The summed E-state index contributed by atoms with van der Waals surface area (Å²) in [5.41, 5.74) is 4.02. The molecule has 0 unspecified atom stereocenters. The number of aliphatic hydroxyl groups is 1. The molecule has 1 saturated heterocycles. The van der Waals surface area contributed by atoms with Crippen LogP contribution in [0.25, 0.3) is 11.3 Å². The zero-order valence-electron chi connectivity index (χ0n) is 17.2. The molecule has 1 aliphatic rings. The van der Waals surface area contributed by atoms with Gasteiger partial charge in [0, 0.05) is 36.1 Å². The Balaban J connectivity index is 1.42. The number of rotatable bonds is 5. The molecule has 3 aromatic rings. The Labute approximate surface area is 180 Å². The SMILES string of the molecule is COc1ccccc1-c1csc(C2CCN(C(=O)c3cc(C)c(CO)cn3)CC2)n1. The number of aliphatic hydroxyl groups excluding tert-OH is 1. The van der Waals surface area contributed by atoms with Crippen LogP contribution in [0.3, 0.4) is 0 Å². The van der Waals surface area contributed by atoms with Crippen molar-refractivity contribution in [2.45, 2.75) is 32.3 Å². The first kappa shape index (κ1) is 20.5. The maximum atomic E-state index is 12.8. The van der Waals surface area contributed by atoms with Gasteiger partial charge in [-0.3, -0.25) is 9.78 Å². The second-order valence-electron chi connectivity index (χ2n) is 7.49. The smallest absolute Gasteiger partial charge is 0.272 e. The summed E-state index contributed by atoms with van der Waals surface area (Å²) in [4.78, 5) is 23.8. The van der Waals surface area contributed by atoms with Crippen LogP contribution in [0, 0.1) is 6.92 Å². The topological polar surface area (TPSA) is 75.5 Å². The number of benzene rings is 1. The molecule has 0 bridgehead atoms. The van der Waals surface area contributed by atoms with Crippen molar-refractivity contribution in [3.8, 4) is 17.0 Å². The van der Waals surface area contributed by atoms with Crippen LogP contribution >= 0.6 is 11.3 Å². The van der Waals surface area contributed by atoms with Crippen molar-refractivity contribution < 1.29 is 14.6 Å². The van der Waals surface area contributed by atoms with E-state index in [1.807, 2.05) is 36.1 Å². The van der Waals surface area contributed by atoms with Gasteiger partial charge in [-0.05, 0) is 49.1 Å². The van der Waals surface area contributed by atoms with E-state index in [4.69, 9.17) is 9.72 Å². The molecule has 1 aliphatic heterocycles. The highest BCUT2D eigenvalue weighted by atomic mass is 32.1. The number of ether oxygens (including phenoxy) is 1. The summed E-state index contributed by atoms with van der Waals surface area (Å²) in [6.45, 7) is 3.20. The molecule has 0 radical (unpaired) electrons. The lowest BCUT2D eigenvalue weighted by molar-refractivity contribution is 0.0706. The standard InChI is InChI=1S/C23H25N3O3S/c1-15-11-19(24-12-17(15)13-27)23(28)26-9-7-16(8-10-26)22-25-20(14-30-22)18-5-3-4-6-21(18)29-2/h3-6,11-12,14,16,27H,7-10,13H2,1-2H3. The number of aromatic nitrogens is 2. The number of hydrogen-bond donors (Lipinski definition) is 1. The van der Waals surface area contributed by atoms with E-state index in [0.29, 0.717) is 24.7 Å². The molecule has 7 heteroatoms. The maximum Gasteiger partial charge on any atom is 0.272 e. The van der Waals surface area contributed by atoms with Crippen LogP contribution in [0.2, 0.25) is 0 Å². The Morgan fingerprint density at radius 2 is 2.07 bits per heavy atom. The lowest BCUT2D eigenvalue weighted by Crippen LogP contribution is -2.38. The number of nitrogens with zero attached hydrogens (tertiary/aromatic N) is 3. The fourth-order valence-corrected chi connectivity index (χ4v) is 4.80. The minimum Gasteiger partial charge on any atom is -0.496 e. The third-order valence-corrected chi connectivity index (χ3v) is 6.65. The van der Waals surface area contributed by atoms with Crippen LogP contribution < -0.4 is 4.74 Å². The molecule has 3 heterocycles. The van der Waals surface area contributed by atoms with E-state index in [1.165, 1.54) is 0 Å². The van der Waals surface area contributed by atoms with Crippen molar-refractivity contribution in [2.24, 2.45) is 0 Å². The van der Waals surface area contributed by atoms with E-state index < -0.39 is 0 Å². The highest BCUT2D eigenvalue weighted by Crippen LogP contribution is 2.35. The molecule has 0 atom stereocenters. The van der Waals surface area contributed by atoms with Gasteiger partial charge in [0.25, 0.3) is 5.91 Å². The number of hydrogen-bond acceptors (Lipinski definition) is 6. The van der Waals surface area contributed by atoms with Crippen molar-refractivity contribution in [2.75, 3.05) is 20.2 Å². The number of aryl methyl sites for hydroxylation is 1. The van der Waals surface area contributed by atoms with Gasteiger partial charge in [0.15, 0.2) is 0 Å². The Hall–Kier alpha value is -2.77. The Kier molecular flexibility index (Phi) is 6.11. The van der Waals surface area contributed by atoms with Gasteiger partial charge in [-0.2, -0.15) is 0 Å². The van der Waals surface area contributed by atoms with Crippen LogP contribution in [0.4, 0.5) is 0 Å². The monoisotopic (exact) mass is 423 g/mol. The lowest BCUT2D eigenvalue weighted by atomic mass is 9.97. The second kappa shape index (κ2) is 8.93. The van der Waals surface area contributed by atoms with Gasteiger partial charge in [0.2, 0.25) is 0 Å². The molecule has 0 saturated carbocycles. The van der Waals surface area contributed by atoms with Gasteiger partial charge in [0.05, 0.1) is 24.4 Å². The van der Waals surface area contributed by atoms with E-state index in [2.05, 4.69) is 10.4 Å². The van der Waals surface area contributed by atoms with Gasteiger partial charge in [0.1, 0.15) is 11.4 Å². The predicted molar refractivity (Wildman–Crippen MR) is 117 cm³/mol. The van der Waals surface area contributed by atoms with Gasteiger partial charge >= 0.3 is 0 Å². The molecule has 6 nitrogen and oxygen atoms in total. The normalized spacial score (nSPS) is 14.7. The van der Waals surface area contributed by atoms with Gasteiger partial charge in [-0.25, -0.2) is 4.98 Å². The largest absolute Gasteiger partial charge is 0.496 e. The van der Waals surface area contributed by atoms with E-state index in [9.17, 15) is 9.90 Å². The Bertz CT molecular complexity index is 1040. The predicted octanol–water partition coefficient (Wildman–Crippen LogP) is 4.03. The van der Waals surface area contributed by atoms with E-state index in [0.717, 1.165) is 46.0 Å². The lowest BCUT2D eigenvalue weighted by Gasteiger charge is -2.31. The molecule has 30 heavy (non-hydrogen) atoms. The molecule has 1 N–H and O–H groups in total. The maximum absolute atomic E-state index is 12.8. The van der Waals surface area contributed by atoms with Crippen molar-refractivity contribution >= 4 is 17.2 Å². The molecular formula is C23H25N3O3S. The van der Waals surface area contributed by atoms with Crippen molar-refractivity contribution in [3.05, 3.63) is 63.7 Å². The average Bonchev–Trinajstić information content (AvgIpc) is 3.28. The fourth-order valence-electron chi connectivity index (χ4n) is 3.81. The zero-order valence-corrected chi connectivity index (χ0v) is 18.0. The van der Waals surface area contributed by atoms with Crippen LogP contribution in [0.1, 0.15) is 45.4 Å². The molecule has 0 spiro atoms. The minimum atomic E-state index is -0.0661. The summed E-state index contributed by atoms with van der Waals surface area (Å²) in [5, 5.41) is 12.5. The molecule has 4 rings (SSSR count). The number of pyridine rings is 1. The fraction of sp³-hybridized carbons (Fsp3) is 0.348. The third kappa shape index (κ3) is 4.08. The number of carbonyl (C=O) groups excluding carboxylic acids is 1. The van der Waals surface area contributed by atoms with E-state index in [1.54, 1.807) is 30.7 Å². The summed E-state index contributed by atoms with van der Waals surface area (Å²) in [5.74, 6) is 1.13. The number of amides is 1. The van der Waals surface area contributed by atoms with E-state index >= 15 is 0 Å². The number of carbonyl (C=O) groups is 1. The summed E-state index contributed by atoms with van der Waals surface area (Å²) in [7, 11) is 1.67. The average molecular weight is 424 g/mol. The van der Waals surface area contributed by atoms with Crippen LogP contribution in [-0.4, -0.2) is 46.1 Å². The zero-order chi connectivity index (χ0) is 21.1. The van der Waals surface area contributed by atoms with Gasteiger partial charge in [-0.15, -0.1) is 11.3 Å². The van der Waals surface area contributed by atoms with Crippen molar-refractivity contribution in [1.29, 1.82) is 0 Å². The van der Waals surface area contributed by atoms with Gasteiger partial charge < -0.3 is 14.7 Å². The molecule has 1 fully saturated rings. The first-order chi connectivity index (χ1) is 14.6. The molecule has 1 aromatic carbocycles. The summed E-state index contributed by atoms with van der Waals surface area (Å²) >= 11 is 1.68. The van der Waals surface area contributed by atoms with Crippen LogP contribution in [0.15, 0.2) is 41.9 Å². The molecule has 156 valence electrons. The van der Waals surface area contributed by atoms with Crippen LogP contribution in [0.5, 0.6) is 5.75 Å². The molecule has 0 aliphatic carbocycles.